The van der Waals surface area contributed by atoms with E-state index in [9.17, 15) is 9.90 Å². The number of benzene rings is 2. The monoisotopic (exact) mass is 373 g/mol. The highest BCUT2D eigenvalue weighted by molar-refractivity contribution is 6.30. The Hall–Kier alpha value is -2.20. The topological polar surface area (TPSA) is 49.8 Å². The van der Waals surface area contributed by atoms with Gasteiger partial charge in [-0.1, -0.05) is 62.7 Å². The van der Waals surface area contributed by atoms with Crippen LogP contribution >= 0.6 is 11.6 Å². The number of nitrogens with zero attached hydrogens (tertiary/aromatic N) is 1. The van der Waals surface area contributed by atoms with Crippen molar-refractivity contribution in [3.63, 3.8) is 0 Å². The molecular formula is C21H24ClNO3. The number of carboxylic acid groups (broad SMARTS) is 1. The number of hydrogen-bond acceptors (Lipinski definition) is 2. The second-order valence-electron chi connectivity index (χ2n) is 7.78. The fraction of sp³-hybridized carbons (Fsp3) is 0.381. The van der Waals surface area contributed by atoms with E-state index in [-0.39, 0.29) is 11.5 Å². The SMILES string of the molecule is CC(C)(C)c1cc(Cl)cc2c1OC(CN(Cc1ccccc1)C(=O)O)C2. The van der Waals surface area contributed by atoms with Crippen molar-refractivity contribution in [2.75, 3.05) is 6.54 Å². The molecule has 2 aromatic carbocycles. The Morgan fingerprint density at radius 1 is 1.27 bits per heavy atom. The van der Waals surface area contributed by atoms with Crippen molar-refractivity contribution in [2.24, 2.45) is 0 Å². The standard InChI is InChI=1S/C21H24ClNO3/c1-21(2,3)18-11-16(22)9-15-10-17(26-19(15)18)13-23(20(24)25)12-14-7-5-4-6-8-14/h4-9,11,17H,10,12-13H2,1-3H3,(H,24,25). The zero-order valence-electron chi connectivity index (χ0n) is 15.3. The van der Waals surface area contributed by atoms with Gasteiger partial charge in [-0.25, -0.2) is 4.79 Å². The molecule has 26 heavy (non-hydrogen) atoms. The fourth-order valence-corrected chi connectivity index (χ4v) is 3.55. The molecule has 0 aliphatic carbocycles. The smallest absolute Gasteiger partial charge is 0.407 e. The number of hydrogen-bond donors (Lipinski definition) is 1. The van der Waals surface area contributed by atoms with Crippen molar-refractivity contribution < 1.29 is 14.6 Å². The van der Waals surface area contributed by atoms with Crippen molar-refractivity contribution >= 4 is 17.7 Å². The minimum Gasteiger partial charge on any atom is -0.488 e. The predicted octanol–water partition coefficient (Wildman–Crippen LogP) is 5.12. The van der Waals surface area contributed by atoms with E-state index in [2.05, 4.69) is 20.8 Å². The van der Waals surface area contributed by atoms with E-state index in [1.165, 1.54) is 4.90 Å². The molecule has 3 rings (SSSR count). The van der Waals surface area contributed by atoms with E-state index >= 15 is 0 Å². The van der Waals surface area contributed by atoms with E-state index in [0.717, 1.165) is 22.4 Å². The second-order valence-corrected chi connectivity index (χ2v) is 8.22. The summed E-state index contributed by atoms with van der Waals surface area (Å²) in [6.07, 6.45) is -0.482. The zero-order valence-corrected chi connectivity index (χ0v) is 16.1. The molecule has 138 valence electrons. The van der Waals surface area contributed by atoms with Crippen molar-refractivity contribution in [2.45, 2.75) is 45.3 Å². The molecule has 1 heterocycles. The fourth-order valence-electron chi connectivity index (χ4n) is 3.31. The Morgan fingerprint density at radius 3 is 2.58 bits per heavy atom. The summed E-state index contributed by atoms with van der Waals surface area (Å²) in [5, 5.41) is 10.3. The summed E-state index contributed by atoms with van der Waals surface area (Å²) >= 11 is 6.29. The summed E-state index contributed by atoms with van der Waals surface area (Å²) in [5.74, 6) is 0.858. The van der Waals surface area contributed by atoms with E-state index < -0.39 is 6.09 Å². The lowest BCUT2D eigenvalue weighted by molar-refractivity contribution is 0.112. The molecule has 0 saturated carbocycles. The lowest BCUT2D eigenvalue weighted by atomic mass is 9.85. The molecule has 1 aliphatic heterocycles. The zero-order chi connectivity index (χ0) is 18.9. The van der Waals surface area contributed by atoms with Gasteiger partial charge in [-0.15, -0.1) is 0 Å². The van der Waals surface area contributed by atoms with Crippen molar-refractivity contribution in [3.8, 4) is 5.75 Å². The van der Waals surface area contributed by atoms with Crippen LogP contribution in [-0.4, -0.2) is 28.7 Å². The molecule has 0 aromatic heterocycles. The van der Waals surface area contributed by atoms with Crippen LogP contribution in [0.3, 0.4) is 0 Å². The van der Waals surface area contributed by atoms with Gasteiger partial charge >= 0.3 is 6.09 Å². The first-order valence-corrected chi connectivity index (χ1v) is 9.13. The van der Waals surface area contributed by atoms with Gasteiger partial charge in [0.25, 0.3) is 0 Å². The second kappa shape index (κ2) is 7.20. The van der Waals surface area contributed by atoms with E-state index in [4.69, 9.17) is 16.3 Å². The Morgan fingerprint density at radius 2 is 1.96 bits per heavy atom. The third kappa shape index (κ3) is 4.13. The van der Waals surface area contributed by atoms with Gasteiger partial charge in [0.15, 0.2) is 0 Å². The Bertz CT molecular complexity index is 799. The summed E-state index contributed by atoms with van der Waals surface area (Å²) in [6.45, 7) is 7.02. The number of rotatable bonds is 4. The summed E-state index contributed by atoms with van der Waals surface area (Å²) < 4.78 is 6.17. The number of amides is 1. The predicted molar refractivity (Wildman–Crippen MR) is 103 cm³/mol. The third-order valence-corrected chi connectivity index (χ3v) is 4.80. The molecule has 0 spiro atoms. The van der Waals surface area contributed by atoms with Crippen LogP contribution in [-0.2, 0) is 18.4 Å². The van der Waals surface area contributed by atoms with Crippen molar-refractivity contribution in [1.29, 1.82) is 0 Å². The molecule has 0 saturated heterocycles. The molecule has 0 fully saturated rings. The quantitative estimate of drug-likeness (QED) is 0.809. The Labute approximate surface area is 159 Å². The van der Waals surface area contributed by atoms with Crippen molar-refractivity contribution in [1.82, 2.24) is 4.90 Å². The number of fused-ring (bicyclic) bond motifs is 1. The van der Waals surface area contributed by atoms with Gasteiger partial charge in [0.05, 0.1) is 6.54 Å². The molecular weight excluding hydrogens is 350 g/mol. The minimum atomic E-state index is -0.942. The van der Waals surface area contributed by atoms with Gasteiger partial charge in [-0.3, -0.25) is 0 Å². The molecule has 4 nitrogen and oxygen atoms in total. The summed E-state index contributed by atoms with van der Waals surface area (Å²) in [5.41, 5.74) is 2.98. The highest BCUT2D eigenvalue weighted by Gasteiger charge is 2.32. The van der Waals surface area contributed by atoms with Crippen LogP contribution in [0.5, 0.6) is 5.75 Å². The summed E-state index contributed by atoms with van der Waals surface area (Å²) in [6, 6.07) is 13.5. The van der Waals surface area contributed by atoms with Crippen LogP contribution in [0.4, 0.5) is 4.79 Å². The minimum absolute atomic E-state index is 0.0968. The molecule has 5 heteroatoms. The van der Waals surface area contributed by atoms with Crippen LogP contribution in [0.1, 0.15) is 37.5 Å². The van der Waals surface area contributed by atoms with E-state index in [1.54, 1.807) is 0 Å². The van der Waals surface area contributed by atoms with Gasteiger partial charge in [0.1, 0.15) is 11.9 Å². The maximum absolute atomic E-state index is 11.7. The van der Waals surface area contributed by atoms with Gasteiger partial charge in [0.2, 0.25) is 0 Å². The highest BCUT2D eigenvalue weighted by Crippen LogP contribution is 2.41. The molecule has 2 aromatic rings. The number of ether oxygens (including phenoxy) is 1. The lowest BCUT2D eigenvalue weighted by Gasteiger charge is -2.25. The molecule has 0 bridgehead atoms. The molecule has 1 amide bonds. The first-order chi connectivity index (χ1) is 12.2. The normalized spacial score (nSPS) is 16.1. The van der Waals surface area contributed by atoms with Gasteiger partial charge in [0, 0.05) is 23.6 Å². The Balaban J connectivity index is 1.77. The third-order valence-electron chi connectivity index (χ3n) is 4.58. The number of carbonyl (C=O) groups is 1. The van der Waals surface area contributed by atoms with Crippen LogP contribution < -0.4 is 4.74 Å². The number of halogens is 1. The van der Waals surface area contributed by atoms with Crippen LogP contribution in [0.25, 0.3) is 0 Å². The first kappa shape index (κ1) is 18.6. The lowest BCUT2D eigenvalue weighted by Crippen LogP contribution is -2.38. The van der Waals surface area contributed by atoms with Crippen LogP contribution in [0.2, 0.25) is 5.02 Å². The van der Waals surface area contributed by atoms with E-state index in [1.807, 2.05) is 42.5 Å². The van der Waals surface area contributed by atoms with E-state index in [0.29, 0.717) is 24.5 Å². The maximum atomic E-state index is 11.7. The first-order valence-electron chi connectivity index (χ1n) is 8.75. The van der Waals surface area contributed by atoms with Gasteiger partial charge < -0.3 is 14.7 Å². The van der Waals surface area contributed by atoms with Gasteiger partial charge in [-0.05, 0) is 28.7 Å². The average molecular weight is 374 g/mol. The van der Waals surface area contributed by atoms with Crippen molar-refractivity contribution in [3.05, 3.63) is 64.2 Å². The summed E-state index contributed by atoms with van der Waals surface area (Å²) in [4.78, 5) is 13.1. The van der Waals surface area contributed by atoms with Crippen LogP contribution in [0, 0.1) is 0 Å². The molecule has 0 radical (unpaired) electrons. The average Bonchev–Trinajstić information content (AvgIpc) is 2.95. The largest absolute Gasteiger partial charge is 0.488 e. The molecule has 1 atom stereocenters. The summed E-state index contributed by atoms with van der Waals surface area (Å²) in [7, 11) is 0. The molecule has 1 N–H and O–H groups in total. The Kier molecular flexibility index (Phi) is 5.15. The van der Waals surface area contributed by atoms with Gasteiger partial charge in [-0.2, -0.15) is 0 Å². The molecule has 1 unspecified atom stereocenters. The maximum Gasteiger partial charge on any atom is 0.407 e. The highest BCUT2D eigenvalue weighted by atomic mass is 35.5. The molecule has 1 aliphatic rings. The van der Waals surface area contributed by atoms with Crippen LogP contribution in [0.15, 0.2) is 42.5 Å².